The van der Waals surface area contributed by atoms with E-state index in [1.54, 1.807) is 0 Å². The fourth-order valence-corrected chi connectivity index (χ4v) is 3.00. The zero-order valence-electron chi connectivity index (χ0n) is 21.5. The van der Waals surface area contributed by atoms with Crippen LogP contribution in [0.25, 0.3) is 6.08 Å². The van der Waals surface area contributed by atoms with Gasteiger partial charge in [0, 0.05) is 18.6 Å². The van der Waals surface area contributed by atoms with Crippen molar-refractivity contribution in [1.82, 2.24) is 10.6 Å². The minimum atomic E-state index is -0.560. The summed E-state index contributed by atoms with van der Waals surface area (Å²) >= 11 is 0. The summed E-state index contributed by atoms with van der Waals surface area (Å²) in [4.78, 5) is 12.2. The van der Waals surface area contributed by atoms with Crippen molar-refractivity contribution < 1.29 is 18.8 Å². The van der Waals surface area contributed by atoms with Crippen LogP contribution in [-0.4, -0.2) is 42.1 Å². The summed E-state index contributed by atoms with van der Waals surface area (Å²) in [5, 5.41) is 6.34. The molecular weight excluding hydrogens is 403 g/mol. The number of rotatable bonds is 6. The molecule has 0 bridgehead atoms. The molecule has 0 atom stereocenters. The summed E-state index contributed by atoms with van der Waals surface area (Å²) < 4.78 is 17.9. The molecule has 1 aliphatic heterocycles. The first-order valence-corrected chi connectivity index (χ1v) is 11.3. The Balaban J connectivity index is 2.20. The van der Waals surface area contributed by atoms with Gasteiger partial charge in [0.25, 0.3) is 0 Å². The quantitative estimate of drug-likeness (QED) is 0.597. The lowest BCUT2D eigenvalue weighted by atomic mass is 9.77. The van der Waals surface area contributed by atoms with Gasteiger partial charge < -0.3 is 24.7 Å². The van der Waals surface area contributed by atoms with Gasteiger partial charge in [0.15, 0.2) is 0 Å². The highest BCUT2D eigenvalue weighted by Crippen LogP contribution is 2.38. The van der Waals surface area contributed by atoms with Crippen molar-refractivity contribution in [3.05, 3.63) is 40.9 Å². The molecule has 32 heavy (non-hydrogen) atoms. The fourth-order valence-electron chi connectivity index (χ4n) is 3.00. The van der Waals surface area contributed by atoms with Crippen molar-refractivity contribution in [3.63, 3.8) is 0 Å². The van der Waals surface area contributed by atoms with Crippen LogP contribution in [0.5, 0.6) is 0 Å². The van der Waals surface area contributed by atoms with Crippen molar-refractivity contribution in [2.75, 3.05) is 6.54 Å². The molecule has 2 N–H and O–H groups in total. The van der Waals surface area contributed by atoms with Gasteiger partial charge >= 0.3 is 13.2 Å². The maximum Gasteiger partial charge on any atom is 0.492 e. The van der Waals surface area contributed by atoms with E-state index < -0.39 is 30.0 Å². The summed E-state index contributed by atoms with van der Waals surface area (Å²) in [6.45, 7) is 21.1. The molecule has 1 amide bonds. The monoisotopic (exact) mass is 444 g/mol. The van der Waals surface area contributed by atoms with E-state index in [9.17, 15) is 4.79 Å². The summed E-state index contributed by atoms with van der Waals surface area (Å²) in [6, 6.07) is 8.35. The standard InChI is InChI=1S/C25H41BN2O4/c1-22(2,3)28-16-19-13-11-18(12-14-19)15-20(17-27-21(29)30-23(4,5)6)26-31-24(7,8)25(9,10)32-26/h11-15,28H,16-17H2,1-10H3,(H,27,29). The third-order valence-corrected chi connectivity index (χ3v) is 5.55. The molecule has 0 saturated carbocycles. The Hall–Kier alpha value is -1.83. The Bertz CT molecular complexity index is 802. The molecule has 7 heteroatoms. The minimum absolute atomic E-state index is 0.0653. The van der Waals surface area contributed by atoms with Crippen LogP contribution in [0.3, 0.4) is 0 Å². The zero-order chi connectivity index (χ0) is 24.4. The van der Waals surface area contributed by atoms with Gasteiger partial charge in [0.2, 0.25) is 0 Å². The number of ether oxygens (including phenoxy) is 1. The molecule has 1 aromatic carbocycles. The molecule has 1 heterocycles. The number of benzene rings is 1. The first-order chi connectivity index (χ1) is 14.5. The number of hydrogen-bond acceptors (Lipinski definition) is 5. The lowest BCUT2D eigenvalue weighted by Gasteiger charge is -2.32. The molecule has 0 unspecified atom stereocenters. The molecular formula is C25H41BN2O4. The first-order valence-electron chi connectivity index (χ1n) is 11.3. The normalized spacial score (nSPS) is 18.6. The van der Waals surface area contributed by atoms with E-state index in [2.05, 4.69) is 55.7 Å². The van der Waals surface area contributed by atoms with Crippen LogP contribution >= 0.6 is 0 Å². The van der Waals surface area contributed by atoms with Gasteiger partial charge in [-0.25, -0.2) is 4.79 Å². The number of hydrogen-bond donors (Lipinski definition) is 2. The third-order valence-electron chi connectivity index (χ3n) is 5.55. The Morgan fingerprint density at radius 1 is 1.00 bits per heavy atom. The number of amides is 1. The van der Waals surface area contributed by atoms with Crippen LogP contribution in [0.2, 0.25) is 0 Å². The summed E-state index contributed by atoms with van der Waals surface area (Å²) in [7, 11) is -0.558. The van der Waals surface area contributed by atoms with E-state index in [1.807, 2.05) is 54.5 Å². The molecule has 0 radical (unpaired) electrons. The van der Waals surface area contributed by atoms with Crippen LogP contribution in [0.15, 0.2) is 29.7 Å². The van der Waals surface area contributed by atoms with E-state index in [0.29, 0.717) is 0 Å². The van der Waals surface area contributed by atoms with E-state index in [-0.39, 0.29) is 12.1 Å². The van der Waals surface area contributed by atoms with Crippen molar-refractivity contribution in [2.45, 2.75) is 98.1 Å². The molecule has 0 spiro atoms. The highest BCUT2D eigenvalue weighted by molar-refractivity contribution is 6.56. The molecule has 0 aliphatic carbocycles. The smallest absolute Gasteiger partial charge is 0.444 e. The van der Waals surface area contributed by atoms with Crippen molar-refractivity contribution in [1.29, 1.82) is 0 Å². The molecule has 0 aromatic heterocycles. The Labute approximate surface area is 194 Å². The lowest BCUT2D eigenvalue weighted by Crippen LogP contribution is -2.41. The minimum Gasteiger partial charge on any atom is -0.444 e. The van der Waals surface area contributed by atoms with Gasteiger partial charge in [-0.15, -0.1) is 0 Å². The Kier molecular flexibility index (Phi) is 7.91. The maximum atomic E-state index is 12.2. The molecule has 1 saturated heterocycles. The van der Waals surface area contributed by atoms with Gasteiger partial charge in [-0.3, -0.25) is 0 Å². The molecule has 6 nitrogen and oxygen atoms in total. The van der Waals surface area contributed by atoms with E-state index >= 15 is 0 Å². The molecule has 178 valence electrons. The SMILES string of the molecule is CC(C)(C)NCc1ccc(C=C(CNC(=O)OC(C)(C)C)B2OC(C)(C)C(C)(C)O2)cc1. The van der Waals surface area contributed by atoms with Crippen LogP contribution in [0.1, 0.15) is 80.4 Å². The number of nitrogens with one attached hydrogen (secondary N) is 2. The molecule has 1 aromatic rings. The van der Waals surface area contributed by atoms with Crippen molar-refractivity contribution in [3.8, 4) is 0 Å². The average Bonchev–Trinajstić information content (AvgIpc) is 2.83. The zero-order valence-corrected chi connectivity index (χ0v) is 21.5. The van der Waals surface area contributed by atoms with Crippen molar-refractivity contribution in [2.24, 2.45) is 0 Å². The predicted molar refractivity (Wildman–Crippen MR) is 131 cm³/mol. The maximum absolute atomic E-state index is 12.2. The molecule has 2 rings (SSSR count). The highest BCUT2D eigenvalue weighted by atomic mass is 16.7. The van der Waals surface area contributed by atoms with Crippen LogP contribution < -0.4 is 10.6 Å². The van der Waals surface area contributed by atoms with Gasteiger partial charge in [0.1, 0.15) is 5.60 Å². The second kappa shape index (κ2) is 9.58. The van der Waals surface area contributed by atoms with Crippen LogP contribution in [0, 0.1) is 0 Å². The summed E-state index contributed by atoms with van der Waals surface area (Å²) in [5.41, 5.74) is 1.62. The van der Waals surface area contributed by atoms with Gasteiger partial charge in [-0.2, -0.15) is 0 Å². The fraction of sp³-hybridized carbons (Fsp3) is 0.640. The number of alkyl carbamates (subject to hydrolysis) is 1. The van der Waals surface area contributed by atoms with Crippen molar-refractivity contribution >= 4 is 19.3 Å². The van der Waals surface area contributed by atoms with Crippen LogP contribution in [0.4, 0.5) is 4.79 Å². The van der Waals surface area contributed by atoms with Crippen LogP contribution in [-0.2, 0) is 20.6 Å². The molecule has 1 fully saturated rings. The van der Waals surface area contributed by atoms with Gasteiger partial charge in [-0.1, -0.05) is 30.3 Å². The third kappa shape index (κ3) is 7.94. The molecule has 1 aliphatic rings. The highest BCUT2D eigenvalue weighted by Gasteiger charge is 2.52. The Morgan fingerprint density at radius 3 is 2.00 bits per heavy atom. The number of carbonyl (C=O) groups excluding carboxylic acids is 1. The predicted octanol–water partition coefficient (Wildman–Crippen LogP) is 5.11. The first kappa shape index (κ1) is 26.4. The number of carbonyl (C=O) groups is 1. The largest absolute Gasteiger partial charge is 0.492 e. The topological polar surface area (TPSA) is 68.8 Å². The van der Waals surface area contributed by atoms with Gasteiger partial charge in [-0.05, 0) is 85.8 Å². The second-order valence-corrected chi connectivity index (χ2v) is 11.5. The average molecular weight is 444 g/mol. The van der Waals surface area contributed by atoms with Gasteiger partial charge in [0.05, 0.1) is 11.2 Å². The lowest BCUT2D eigenvalue weighted by molar-refractivity contribution is 0.00578. The van der Waals surface area contributed by atoms with E-state index in [0.717, 1.165) is 17.6 Å². The van der Waals surface area contributed by atoms with E-state index in [4.69, 9.17) is 14.0 Å². The van der Waals surface area contributed by atoms with E-state index in [1.165, 1.54) is 5.56 Å². The summed E-state index contributed by atoms with van der Waals surface area (Å²) in [6.07, 6.45) is 1.55. The second-order valence-electron chi connectivity index (χ2n) is 11.5. The summed E-state index contributed by atoms with van der Waals surface area (Å²) in [5.74, 6) is 0. The Morgan fingerprint density at radius 2 is 1.53 bits per heavy atom.